The number of aryl methyl sites for hydroxylation is 1. The van der Waals surface area contributed by atoms with Gasteiger partial charge in [0.1, 0.15) is 5.82 Å². The summed E-state index contributed by atoms with van der Waals surface area (Å²) in [6.07, 6.45) is 7.58. The Morgan fingerprint density at radius 2 is 1.72 bits per heavy atom. The molecule has 1 atom stereocenters. The largest absolute Gasteiger partial charge is 0.371 e. The van der Waals surface area contributed by atoms with Crippen LogP contribution in [0.3, 0.4) is 0 Å². The van der Waals surface area contributed by atoms with Gasteiger partial charge < -0.3 is 14.8 Å². The van der Waals surface area contributed by atoms with E-state index in [0.29, 0.717) is 12.1 Å². The zero-order chi connectivity index (χ0) is 17.8. The summed E-state index contributed by atoms with van der Waals surface area (Å²) in [7, 11) is 0. The Labute approximate surface area is 152 Å². The van der Waals surface area contributed by atoms with Crippen molar-refractivity contribution in [3.8, 4) is 5.69 Å². The molecule has 4 heteroatoms. The third-order valence-corrected chi connectivity index (χ3v) is 5.16. The van der Waals surface area contributed by atoms with Crippen LogP contribution in [0, 0.1) is 12.8 Å². The van der Waals surface area contributed by atoms with Gasteiger partial charge in [0, 0.05) is 48.9 Å². The van der Waals surface area contributed by atoms with E-state index >= 15 is 0 Å². The molecule has 0 spiro atoms. The maximum atomic E-state index is 4.30. The smallest absolute Gasteiger partial charge is 0.110 e. The van der Waals surface area contributed by atoms with E-state index in [1.165, 1.54) is 30.6 Å². The predicted octanol–water partition coefficient (Wildman–Crippen LogP) is 4.17. The van der Waals surface area contributed by atoms with Crippen LogP contribution in [-0.4, -0.2) is 34.7 Å². The van der Waals surface area contributed by atoms with Crippen LogP contribution in [0.15, 0.2) is 36.7 Å². The second kappa shape index (κ2) is 8.05. The zero-order valence-electron chi connectivity index (χ0n) is 16.1. The fraction of sp³-hybridized carbons (Fsp3) is 0.571. The van der Waals surface area contributed by atoms with Crippen LogP contribution in [0.5, 0.6) is 0 Å². The molecule has 1 aromatic carbocycles. The first kappa shape index (κ1) is 18.0. The molecule has 0 radical (unpaired) electrons. The Morgan fingerprint density at radius 3 is 2.28 bits per heavy atom. The van der Waals surface area contributed by atoms with Gasteiger partial charge in [-0.25, -0.2) is 4.98 Å². The molecule has 1 aliphatic rings. The van der Waals surface area contributed by atoms with E-state index in [0.717, 1.165) is 24.8 Å². The molecule has 1 saturated heterocycles. The highest BCUT2D eigenvalue weighted by Crippen LogP contribution is 2.22. The minimum Gasteiger partial charge on any atom is -0.371 e. The SMILES string of the molecule is Cc1nccn1-c1ccc(N2CCC(NC(C)CC(C)C)CC2)cc1. The van der Waals surface area contributed by atoms with Crippen molar-refractivity contribution in [2.45, 2.75) is 59.0 Å². The van der Waals surface area contributed by atoms with Crippen molar-refractivity contribution in [1.82, 2.24) is 14.9 Å². The van der Waals surface area contributed by atoms with Gasteiger partial charge in [-0.05, 0) is 63.3 Å². The summed E-state index contributed by atoms with van der Waals surface area (Å²) in [5, 5.41) is 3.82. The molecule has 0 saturated carbocycles. The number of anilines is 1. The van der Waals surface area contributed by atoms with Crippen LogP contribution in [-0.2, 0) is 0 Å². The number of aromatic nitrogens is 2. The average Bonchev–Trinajstić information content (AvgIpc) is 3.01. The standard InChI is InChI=1S/C21H32N4/c1-16(2)15-17(3)23-19-9-12-24(13-10-19)20-5-7-21(8-6-20)25-14-11-22-18(25)4/h5-8,11,14,16-17,19,23H,9-10,12-13,15H2,1-4H3. The number of hydrogen-bond donors (Lipinski definition) is 1. The lowest BCUT2D eigenvalue weighted by molar-refractivity contribution is 0.346. The summed E-state index contributed by atoms with van der Waals surface area (Å²) in [5.74, 6) is 1.79. The minimum absolute atomic E-state index is 0.620. The van der Waals surface area contributed by atoms with Crippen molar-refractivity contribution in [2.75, 3.05) is 18.0 Å². The fourth-order valence-electron chi connectivity index (χ4n) is 3.96. The van der Waals surface area contributed by atoms with Crippen LogP contribution in [0.25, 0.3) is 5.69 Å². The first-order chi connectivity index (χ1) is 12.0. The molecular weight excluding hydrogens is 308 g/mol. The highest BCUT2D eigenvalue weighted by Gasteiger charge is 2.21. The van der Waals surface area contributed by atoms with Crippen LogP contribution in [0.4, 0.5) is 5.69 Å². The molecule has 2 aromatic rings. The Balaban J connectivity index is 1.54. The molecule has 1 aromatic heterocycles. The fourth-order valence-corrected chi connectivity index (χ4v) is 3.96. The number of hydrogen-bond acceptors (Lipinski definition) is 3. The molecule has 136 valence electrons. The molecule has 0 bridgehead atoms. The third kappa shape index (κ3) is 4.63. The van der Waals surface area contributed by atoms with E-state index in [-0.39, 0.29) is 0 Å². The summed E-state index contributed by atoms with van der Waals surface area (Å²) < 4.78 is 2.12. The molecule has 25 heavy (non-hydrogen) atoms. The zero-order valence-corrected chi connectivity index (χ0v) is 16.1. The van der Waals surface area contributed by atoms with E-state index < -0.39 is 0 Å². The highest BCUT2D eigenvalue weighted by atomic mass is 15.1. The van der Waals surface area contributed by atoms with Gasteiger partial charge in [0.2, 0.25) is 0 Å². The summed E-state index contributed by atoms with van der Waals surface area (Å²) in [6, 6.07) is 10.2. The number of benzene rings is 1. The van der Waals surface area contributed by atoms with Gasteiger partial charge in [-0.1, -0.05) is 13.8 Å². The van der Waals surface area contributed by atoms with Crippen molar-refractivity contribution >= 4 is 5.69 Å². The molecule has 1 unspecified atom stereocenters. The van der Waals surface area contributed by atoms with Crippen molar-refractivity contribution in [3.05, 3.63) is 42.5 Å². The Bertz CT molecular complexity index is 651. The molecule has 0 amide bonds. The Morgan fingerprint density at radius 1 is 1.08 bits per heavy atom. The molecule has 2 heterocycles. The predicted molar refractivity (Wildman–Crippen MR) is 106 cm³/mol. The van der Waals surface area contributed by atoms with Crippen LogP contribution in [0.1, 0.15) is 45.9 Å². The number of rotatable bonds is 6. The maximum absolute atomic E-state index is 4.30. The van der Waals surface area contributed by atoms with E-state index in [2.05, 4.69) is 64.8 Å². The van der Waals surface area contributed by atoms with Crippen molar-refractivity contribution in [1.29, 1.82) is 0 Å². The maximum Gasteiger partial charge on any atom is 0.110 e. The molecule has 1 fully saturated rings. The van der Waals surface area contributed by atoms with E-state index in [4.69, 9.17) is 0 Å². The highest BCUT2D eigenvalue weighted by molar-refractivity contribution is 5.51. The molecule has 1 N–H and O–H groups in total. The normalized spacial score (nSPS) is 17.2. The van der Waals surface area contributed by atoms with Gasteiger partial charge in [0.25, 0.3) is 0 Å². The van der Waals surface area contributed by atoms with Crippen molar-refractivity contribution < 1.29 is 0 Å². The van der Waals surface area contributed by atoms with Crippen molar-refractivity contribution in [3.63, 3.8) is 0 Å². The molecule has 4 nitrogen and oxygen atoms in total. The second-order valence-corrected chi connectivity index (χ2v) is 7.82. The summed E-state index contributed by atoms with van der Waals surface area (Å²) >= 11 is 0. The monoisotopic (exact) mass is 340 g/mol. The molecule has 0 aliphatic carbocycles. The Kier molecular flexibility index (Phi) is 5.79. The van der Waals surface area contributed by atoms with E-state index in [1.807, 2.05) is 19.3 Å². The first-order valence-corrected chi connectivity index (χ1v) is 9.64. The van der Waals surface area contributed by atoms with Gasteiger partial charge in [0.15, 0.2) is 0 Å². The van der Waals surface area contributed by atoms with Crippen LogP contribution >= 0.6 is 0 Å². The van der Waals surface area contributed by atoms with Gasteiger partial charge in [-0.15, -0.1) is 0 Å². The lowest BCUT2D eigenvalue weighted by atomic mass is 10.00. The summed E-state index contributed by atoms with van der Waals surface area (Å²) in [4.78, 5) is 6.81. The first-order valence-electron chi connectivity index (χ1n) is 9.64. The summed E-state index contributed by atoms with van der Waals surface area (Å²) in [5.41, 5.74) is 2.51. The van der Waals surface area contributed by atoms with Gasteiger partial charge >= 0.3 is 0 Å². The third-order valence-electron chi connectivity index (χ3n) is 5.16. The number of nitrogens with one attached hydrogen (secondary N) is 1. The van der Waals surface area contributed by atoms with E-state index in [1.54, 1.807) is 0 Å². The Hall–Kier alpha value is -1.81. The molecule has 1 aliphatic heterocycles. The van der Waals surface area contributed by atoms with E-state index in [9.17, 15) is 0 Å². The van der Waals surface area contributed by atoms with Gasteiger partial charge in [0.05, 0.1) is 0 Å². The van der Waals surface area contributed by atoms with Gasteiger partial charge in [-0.2, -0.15) is 0 Å². The lowest BCUT2D eigenvalue weighted by Gasteiger charge is -2.35. The molecular formula is C21H32N4. The topological polar surface area (TPSA) is 33.1 Å². The summed E-state index contributed by atoms with van der Waals surface area (Å²) in [6.45, 7) is 11.2. The minimum atomic E-state index is 0.620. The second-order valence-electron chi connectivity index (χ2n) is 7.82. The lowest BCUT2D eigenvalue weighted by Crippen LogP contribution is -2.45. The van der Waals surface area contributed by atoms with Crippen molar-refractivity contribution in [2.24, 2.45) is 5.92 Å². The average molecular weight is 341 g/mol. The van der Waals surface area contributed by atoms with Gasteiger partial charge in [-0.3, -0.25) is 0 Å². The van der Waals surface area contributed by atoms with Crippen LogP contribution < -0.4 is 10.2 Å². The number of imidazole rings is 1. The van der Waals surface area contributed by atoms with Crippen LogP contribution in [0.2, 0.25) is 0 Å². The number of nitrogens with zero attached hydrogens (tertiary/aromatic N) is 3. The quantitative estimate of drug-likeness (QED) is 0.856. The molecule has 3 rings (SSSR count). The number of piperidine rings is 1.